The zero-order valence-electron chi connectivity index (χ0n) is 8.29. The van der Waals surface area contributed by atoms with Gasteiger partial charge >= 0.3 is 5.97 Å². The highest BCUT2D eigenvalue weighted by molar-refractivity contribution is 5.68. The molecule has 0 amide bonds. The van der Waals surface area contributed by atoms with Gasteiger partial charge in [-0.15, -0.1) is 0 Å². The van der Waals surface area contributed by atoms with Crippen molar-refractivity contribution < 1.29 is 9.90 Å². The van der Waals surface area contributed by atoms with Gasteiger partial charge in [-0.25, -0.2) is 0 Å². The van der Waals surface area contributed by atoms with Crippen LogP contribution in [0.15, 0.2) is 24.3 Å². The third kappa shape index (κ3) is 3.58. The van der Waals surface area contributed by atoms with Crippen LogP contribution in [0.1, 0.15) is 18.1 Å². The second kappa shape index (κ2) is 5.40. The van der Waals surface area contributed by atoms with E-state index in [0.29, 0.717) is 6.54 Å². The molecular formula is C11H15NO2. The fraction of sp³-hybridized carbons (Fsp3) is 0.364. The van der Waals surface area contributed by atoms with E-state index in [0.717, 1.165) is 12.0 Å². The van der Waals surface area contributed by atoms with Crippen molar-refractivity contribution in [3.8, 4) is 0 Å². The summed E-state index contributed by atoms with van der Waals surface area (Å²) in [4.78, 5) is 10.2. The van der Waals surface area contributed by atoms with Gasteiger partial charge in [-0.1, -0.05) is 31.2 Å². The third-order valence-electron chi connectivity index (χ3n) is 2.04. The summed E-state index contributed by atoms with van der Waals surface area (Å²) in [6.07, 6.45) is 1.03. The van der Waals surface area contributed by atoms with E-state index in [1.165, 1.54) is 5.56 Å². The topological polar surface area (TPSA) is 49.3 Å². The van der Waals surface area contributed by atoms with Crippen LogP contribution in [0.4, 0.5) is 0 Å². The first-order valence-electron chi connectivity index (χ1n) is 4.72. The first-order chi connectivity index (χ1) is 6.72. The number of benzene rings is 1. The maximum atomic E-state index is 10.2. The van der Waals surface area contributed by atoms with Crippen LogP contribution in [0.3, 0.4) is 0 Å². The monoisotopic (exact) mass is 193 g/mol. The molecule has 0 saturated heterocycles. The first-order valence-corrected chi connectivity index (χ1v) is 4.72. The van der Waals surface area contributed by atoms with Crippen LogP contribution in [-0.4, -0.2) is 17.6 Å². The summed E-state index contributed by atoms with van der Waals surface area (Å²) in [6, 6.07) is 8.18. The number of carbonyl (C=O) groups is 1. The zero-order chi connectivity index (χ0) is 10.4. The van der Waals surface area contributed by atoms with Crippen LogP contribution in [0.25, 0.3) is 0 Å². The highest BCUT2D eigenvalue weighted by Crippen LogP contribution is 2.04. The molecule has 0 unspecified atom stereocenters. The van der Waals surface area contributed by atoms with Crippen molar-refractivity contribution in [3.05, 3.63) is 35.4 Å². The van der Waals surface area contributed by atoms with E-state index in [1.54, 1.807) is 0 Å². The van der Waals surface area contributed by atoms with E-state index in [1.807, 2.05) is 12.1 Å². The Hall–Kier alpha value is -1.35. The molecule has 2 N–H and O–H groups in total. The maximum absolute atomic E-state index is 10.2. The molecule has 1 aromatic carbocycles. The smallest absolute Gasteiger partial charge is 0.317 e. The largest absolute Gasteiger partial charge is 0.480 e. The van der Waals surface area contributed by atoms with Crippen molar-refractivity contribution in [3.63, 3.8) is 0 Å². The highest BCUT2D eigenvalue weighted by Gasteiger charge is 1.96. The Labute approximate surface area is 83.8 Å². The van der Waals surface area contributed by atoms with Gasteiger partial charge in [0.25, 0.3) is 0 Å². The van der Waals surface area contributed by atoms with Gasteiger partial charge in [0, 0.05) is 6.54 Å². The first kappa shape index (κ1) is 10.7. The lowest BCUT2D eigenvalue weighted by molar-refractivity contribution is -0.135. The van der Waals surface area contributed by atoms with E-state index >= 15 is 0 Å². The second-order valence-electron chi connectivity index (χ2n) is 3.17. The summed E-state index contributed by atoms with van der Waals surface area (Å²) in [7, 11) is 0. The van der Waals surface area contributed by atoms with Crippen molar-refractivity contribution in [2.45, 2.75) is 19.9 Å². The molecule has 0 fully saturated rings. The SMILES string of the molecule is CCc1ccc(CNCC(=O)O)cc1. The van der Waals surface area contributed by atoms with E-state index in [4.69, 9.17) is 5.11 Å². The fourth-order valence-electron chi connectivity index (χ4n) is 1.21. The molecule has 1 aromatic rings. The third-order valence-corrected chi connectivity index (χ3v) is 2.04. The molecule has 0 atom stereocenters. The Morgan fingerprint density at radius 1 is 1.29 bits per heavy atom. The number of rotatable bonds is 5. The number of nitrogens with one attached hydrogen (secondary N) is 1. The highest BCUT2D eigenvalue weighted by atomic mass is 16.4. The molecule has 3 nitrogen and oxygen atoms in total. The Morgan fingerprint density at radius 3 is 2.36 bits per heavy atom. The Bertz CT molecular complexity index is 293. The zero-order valence-corrected chi connectivity index (χ0v) is 8.29. The molecule has 76 valence electrons. The van der Waals surface area contributed by atoms with Gasteiger partial charge in [0.15, 0.2) is 0 Å². The van der Waals surface area contributed by atoms with Gasteiger partial charge in [-0.3, -0.25) is 4.79 Å². The second-order valence-corrected chi connectivity index (χ2v) is 3.17. The molecule has 0 radical (unpaired) electrons. The number of carboxylic acids is 1. The predicted molar refractivity (Wildman–Crippen MR) is 55.2 cm³/mol. The predicted octanol–water partition coefficient (Wildman–Crippen LogP) is 1.42. The van der Waals surface area contributed by atoms with Crippen LogP contribution < -0.4 is 5.32 Å². The van der Waals surface area contributed by atoms with Gasteiger partial charge < -0.3 is 10.4 Å². The van der Waals surface area contributed by atoms with Gasteiger partial charge in [0.1, 0.15) is 0 Å². The molecule has 14 heavy (non-hydrogen) atoms. The maximum Gasteiger partial charge on any atom is 0.317 e. The average Bonchev–Trinajstić information content (AvgIpc) is 2.18. The minimum absolute atomic E-state index is 0.00945. The number of carboxylic acid groups (broad SMARTS) is 1. The van der Waals surface area contributed by atoms with Gasteiger partial charge in [0.2, 0.25) is 0 Å². The van der Waals surface area contributed by atoms with Gasteiger partial charge in [-0.05, 0) is 17.5 Å². The molecule has 0 aromatic heterocycles. The standard InChI is InChI=1S/C11H15NO2/c1-2-9-3-5-10(6-4-9)7-12-8-11(13)14/h3-6,12H,2,7-8H2,1H3,(H,13,14). The number of aryl methyl sites for hydroxylation is 1. The van der Waals surface area contributed by atoms with Crippen molar-refractivity contribution >= 4 is 5.97 Å². The lowest BCUT2D eigenvalue weighted by Gasteiger charge is -2.03. The van der Waals surface area contributed by atoms with Crippen molar-refractivity contribution in [2.75, 3.05) is 6.54 Å². The van der Waals surface area contributed by atoms with E-state index < -0.39 is 5.97 Å². The normalized spacial score (nSPS) is 10.1. The summed E-state index contributed by atoms with van der Waals surface area (Å²) in [5.41, 5.74) is 2.41. The van der Waals surface area contributed by atoms with E-state index in [2.05, 4.69) is 24.4 Å². The minimum Gasteiger partial charge on any atom is -0.480 e. The molecule has 0 spiro atoms. The molecule has 3 heteroatoms. The van der Waals surface area contributed by atoms with Crippen molar-refractivity contribution in [2.24, 2.45) is 0 Å². The Balaban J connectivity index is 2.40. The number of hydrogen-bond donors (Lipinski definition) is 2. The van der Waals surface area contributed by atoms with Crippen LogP contribution in [0.2, 0.25) is 0 Å². The fourth-order valence-corrected chi connectivity index (χ4v) is 1.21. The van der Waals surface area contributed by atoms with Gasteiger partial charge in [0.05, 0.1) is 6.54 Å². The lowest BCUT2D eigenvalue weighted by Crippen LogP contribution is -2.21. The average molecular weight is 193 g/mol. The molecule has 0 aliphatic carbocycles. The lowest BCUT2D eigenvalue weighted by atomic mass is 10.1. The van der Waals surface area contributed by atoms with Crippen molar-refractivity contribution in [1.29, 1.82) is 0 Å². The van der Waals surface area contributed by atoms with Crippen LogP contribution in [-0.2, 0) is 17.8 Å². The molecule has 0 saturated carbocycles. The Kier molecular flexibility index (Phi) is 4.13. The Morgan fingerprint density at radius 2 is 1.86 bits per heavy atom. The quantitative estimate of drug-likeness (QED) is 0.743. The molecule has 0 bridgehead atoms. The molecule has 0 aliphatic rings. The molecular weight excluding hydrogens is 178 g/mol. The van der Waals surface area contributed by atoms with Crippen molar-refractivity contribution in [1.82, 2.24) is 5.32 Å². The summed E-state index contributed by atoms with van der Waals surface area (Å²) in [5.74, 6) is -0.824. The summed E-state index contributed by atoms with van der Waals surface area (Å²) in [6.45, 7) is 2.73. The molecule has 0 heterocycles. The van der Waals surface area contributed by atoms with E-state index in [-0.39, 0.29) is 6.54 Å². The van der Waals surface area contributed by atoms with E-state index in [9.17, 15) is 4.79 Å². The summed E-state index contributed by atoms with van der Waals surface area (Å²) >= 11 is 0. The number of hydrogen-bond acceptors (Lipinski definition) is 2. The van der Waals surface area contributed by atoms with Crippen LogP contribution >= 0.6 is 0 Å². The number of aliphatic carboxylic acids is 1. The van der Waals surface area contributed by atoms with Gasteiger partial charge in [-0.2, -0.15) is 0 Å². The molecule has 1 rings (SSSR count). The molecule has 0 aliphatic heterocycles. The minimum atomic E-state index is -0.824. The van der Waals surface area contributed by atoms with Crippen LogP contribution in [0, 0.1) is 0 Å². The van der Waals surface area contributed by atoms with Crippen LogP contribution in [0.5, 0.6) is 0 Å². The summed E-state index contributed by atoms with van der Waals surface area (Å²) in [5, 5.41) is 11.3. The summed E-state index contributed by atoms with van der Waals surface area (Å²) < 4.78 is 0.